The molecule has 0 radical (unpaired) electrons. The van der Waals surface area contributed by atoms with Gasteiger partial charge in [-0.2, -0.15) is 0 Å². The van der Waals surface area contributed by atoms with E-state index in [1.54, 1.807) is 54.6 Å². The molecule has 4 rings (SSSR count). The van der Waals surface area contributed by atoms with E-state index in [1.165, 1.54) is 18.2 Å². The number of anilines is 2. The maximum Gasteiger partial charge on any atom is 0.335 e. The number of hydrogen-bond donors (Lipinski definition) is 2. The van der Waals surface area contributed by atoms with Gasteiger partial charge in [0.25, 0.3) is 17.7 Å². The summed E-state index contributed by atoms with van der Waals surface area (Å²) in [5.74, 6) is -1.66. The van der Waals surface area contributed by atoms with Gasteiger partial charge in [0.15, 0.2) is 6.61 Å². The predicted molar refractivity (Wildman–Crippen MR) is 140 cm³/mol. The first-order valence-electron chi connectivity index (χ1n) is 10.4. The number of barbiturate groups is 1. The number of para-hydroxylation sites is 1. The minimum Gasteiger partial charge on any atom is -0.483 e. The molecule has 0 aliphatic carbocycles. The maximum atomic E-state index is 13.0. The largest absolute Gasteiger partial charge is 0.483 e. The molecular formula is C25H16BrCl2N3O5. The van der Waals surface area contributed by atoms with E-state index in [-0.39, 0.29) is 17.9 Å². The van der Waals surface area contributed by atoms with Gasteiger partial charge >= 0.3 is 6.03 Å². The predicted octanol–water partition coefficient (Wildman–Crippen LogP) is 5.44. The van der Waals surface area contributed by atoms with Gasteiger partial charge in [0.2, 0.25) is 0 Å². The molecule has 0 atom stereocenters. The van der Waals surface area contributed by atoms with Crippen LogP contribution in [-0.4, -0.2) is 30.4 Å². The summed E-state index contributed by atoms with van der Waals surface area (Å²) in [6.45, 7) is -0.276. The number of ether oxygens (including phenoxy) is 1. The van der Waals surface area contributed by atoms with Crippen LogP contribution in [0.3, 0.4) is 0 Å². The number of benzene rings is 3. The molecule has 3 aromatic carbocycles. The second kappa shape index (κ2) is 10.9. The molecule has 1 saturated heterocycles. The monoisotopic (exact) mass is 587 g/mol. The van der Waals surface area contributed by atoms with Crippen molar-refractivity contribution >= 4 is 80.3 Å². The van der Waals surface area contributed by atoms with Crippen LogP contribution in [-0.2, 0) is 14.4 Å². The lowest BCUT2D eigenvalue weighted by molar-refractivity contribution is -0.122. The summed E-state index contributed by atoms with van der Waals surface area (Å²) in [5.41, 5.74) is 0.931. The molecule has 2 N–H and O–H groups in total. The van der Waals surface area contributed by atoms with Crippen molar-refractivity contribution in [3.05, 3.63) is 92.4 Å². The zero-order valence-electron chi connectivity index (χ0n) is 18.3. The van der Waals surface area contributed by atoms with Crippen LogP contribution in [0, 0.1) is 0 Å². The molecule has 1 heterocycles. The summed E-state index contributed by atoms with van der Waals surface area (Å²) >= 11 is 15.4. The van der Waals surface area contributed by atoms with Crippen LogP contribution in [0.2, 0.25) is 10.0 Å². The summed E-state index contributed by atoms with van der Waals surface area (Å²) in [7, 11) is 0. The second-order valence-corrected chi connectivity index (χ2v) is 9.14. The van der Waals surface area contributed by atoms with Gasteiger partial charge in [0, 0.05) is 5.02 Å². The molecule has 182 valence electrons. The molecule has 0 unspecified atom stereocenters. The number of urea groups is 1. The number of halogens is 3. The van der Waals surface area contributed by atoms with Gasteiger partial charge in [-0.05, 0) is 70.0 Å². The molecule has 36 heavy (non-hydrogen) atoms. The molecule has 3 aromatic rings. The highest BCUT2D eigenvalue weighted by Gasteiger charge is 2.36. The average molecular weight is 589 g/mol. The van der Waals surface area contributed by atoms with Crippen molar-refractivity contribution in [3.8, 4) is 5.75 Å². The maximum absolute atomic E-state index is 13.0. The van der Waals surface area contributed by atoms with Crippen LogP contribution in [0.4, 0.5) is 16.2 Å². The van der Waals surface area contributed by atoms with Gasteiger partial charge in [0.05, 0.1) is 20.9 Å². The third-order valence-electron chi connectivity index (χ3n) is 4.94. The molecule has 1 fully saturated rings. The average Bonchev–Trinajstić information content (AvgIpc) is 2.82. The van der Waals surface area contributed by atoms with Gasteiger partial charge in [-0.25, -0.2) is 9.69 Å². The van der Waals surface area contributed by atoms with E-state index >= 15 is 0 Å². The normalized spacial score (nSPS) is 14.6. The first-order valence-corrected chi connectivity index (χ1v) is 11.9. The van der Waals surface area contributed by atoms with Crippen molar-refractivity contribution in [2.45, 2.75) is 0 Å². The number of rotatable bonds is 6. The lowest BCUT2D eigenvalue weighted by Gasteiger charge is -2.26. The van der Waals surface area contributed by atoms with Gasteiger partial charge in [-0.3, -0.25) is 19.7 Å². The SMILES string of the molecule is O=C(COc1ccc(/C=C2\C(=O)NC(=O)N(c3cccc(Cl)c3)C2=O)cc1Br)Nc1ccccc1Cl. The Morgan fingerprint density at radius 3 is 2.53 bits per heavy atom. The molecule has 0 saturated carbocycles. The van der Waals surface area contributed by atoms with Crippen molar-refractivity contribution in [2.75, 3.05) is 16.8 Å². The van der Waals surface area contributed by atoms with Crippen molar-refractivity contribution < 1.29 is 23.9 Å². The number of amides is 5. The van der Waals surface area contributed by atoms with Crippen LogP contribution in [0.1, 0.15) is 5.56 Å². The number of carbonyl (C=O) groups is 4. The minimum atomic E-state index is -0.871. The van der Waals surface area contributed by atoms with Crippen LogP contribution >= 0.6 is 39.1 Å². The Balaban J connectivity index is 1.48. The molecular weight excluding hydrogens is 573 g/mol. The summed E-state index contributed by atoms with van der Waals surface area (Å²) in [4.78, 5) is 50.8. The van der Waals surface area contributed by atoms with Gasteiger partial charge in [-0.1, -0.05) is 47.5 Å². The fourth-order valence-electron chi connectivity index (χ4n) is 3.29. The highest BCUT2D eigenvalue weighted by atomic mass is 79.9. The number of carbonyl (C=O) groups excluding carboxylic acids is 4. The van der Waals surface area contributed by atoms with E-state index in [4.69, 9.17) is 27.9 Å². The Hall–Kier alpha value is -3.66. The standard InChI is InChI=1S/C25H16BrCl2N3O5/c26-18-11-14(8-9-21(18)36-13-22(32)29-20-7-2-1-6-19(20)28)10-17-23(33)30-25(35)31(24(17)34)16-5-3-4-15(27)12-16/h1-12H,13H2,(H,29,32)(H,30,33,35)/b17-10+. The van der Waals surface area contributed by atoms with Crippen molar-refractivity contribution in [1.29, 1.82) is 0 Å². The lowest BCUT2D eigenvalue weighted by Crippen LogP contribution is -2.54. The Kier molecular flexibility index (Phi) is 7.73. The van der Waals surface area contributed by atoms with Crippen LogP contribution in [0.15, 0.2) is 76.8 Å². The van der Waals surface area contributed by atoms with Crippen molar-refractivity contribution in [2.24, 2.45) is 0 Å². The Labute approximate surface area is 223 Å². The molecule has 8 nitrogen and oxygen atoms in total. The first kappa shape index (κ1) is 25.4. The van der Waals surface area contributed by atoms with E-state index in [9.17, 15) is 19.2 Å². The van der Waals surface area contributed by atoms with Gasteiger partial charge in [0.1, 0.15) is 11.3 Å². The van der Waals surface area contributed by atoms with E-state index < -0.39 is 23.8 Å². The van der Waals surface area contributed by atoms with Crippen LogP contribution < -0.4 is 20.3 Å². The molecule has 1 aliphatic heterocycles. The van der Waals surface area contributed by atoms with Crippen molar-refractivity contribution in [1.82, 2.24) is 5.32 Å². The number of nitrogens with one attached hydrogen (secondary N) is 2. The van der Waals surface area contributed by atoms with Gasteiger partial charge < -0.3 is 10.1 Å². The molecule has 11 heteroatoms. The van der Waals surface area contributed by atoms with Crippen LogP contribution in [0.5, 0.6) is 5.75 Å². The van der Waals surface area contributed by atoms with E-state index in [0.29, 0.717) is 31.5 Å². The lowest BCUT2D eigenvalue weighted by atomic mass is 10.1. The van der Waals surface area contributed by atoms with E-state index in [1.807, 2.05) is 0 Å². The zero-order valence-corrected chi connectivity index (χ0v) is 21.4. The number of hydrogen-bond acceptors (Lipinski definition) is 5. The van der Waals surface area contributed by atoms with Crippen LogP contribution in [0.25, 0.3) is 6.08 Å². The van der Waals surface area contributed by atoms with Gasteiger partial charge in [-0.15, -0.1) is 0 Å². The highest BCUT2D eigenvalue weighted by molar-refractivity contribution is 9.10. The molecule has 0 bridgehead atoms. The fraction of sp³-hybridized carbons (Fsp3) is 0.0400. The summed E-state index contributed by atoms with van der Waals surface area (Å²) in [6.07, 6.45) is 1.35. The second-order valence-electron chi connectivity index (χ2n) is 7.44. The summed E-state index contributed by atoms with van der Waals surface area (Å²) < 4.78 is 6.04. The molecule has 1 aliphatic rings. The Morgan fingerprint density at radius 1 is 1.03 bits per heavy atom. The summed E-state index contributed by atoms with van der Waals surface area (Å²) in [6, 6.07) is 16.9. The highest BCUT2D eigenvalue weighted by Crippen LogP contribution is 2.29. The zero-order chi connectivity index (χ0) is 25.8. The molecule has 5 amide bonds. The smallest absolute Gasteiger partial charge is 0.335 e. The Bertz CT molecular complexity index is 1430. The van der Waals surface area contributed by atoms with E-state index in [0.717, 1.165) is 4.90 Å². The summed E-state index contributed by atoms with van der Waals surface area (Å²) in [5, 5.41) is 5.55. The Morgan fingerprint density at radius 2 is 1.81 bits per heavy atom. The first-order chi connectivity index (χ1) is 17.2. The fourth-order valence-corrected chi connectivity index (χ4v) is 4.17. The topological polar surface area (TPSA) is 105 Å². The number of nitrogens with zero attached hydrogens (tertiary/aromatic N) is 1. The molecule has 0 spiro atoms. The number of imide groups is 2. The minimum absolute atomic E-state index is 0.225. The third kappa shape index (κ3) is 5.76. The third-order valence-corrected chi connectivity index (χ3v) is 6.13. The van der Waals surface area contributed by atoms with Crippen molar-refractivity contribution in [3.63, 3.8) is 0 Å². The quantitative estimate of drug-likeness (QED) is 0.295. The van der Waals surface area contributed by atoms with E-state index in [2.05, 4.69) is 26.6 Å². The molecule has 0 aromatic heterocycles.